The van der Waals surface area contributed by atoms with Crippen molar-refractivity contribution in [3.63, 3.8) is 0 Å². The molecule has 0 aliphatic carbocycles. The molecule has 0 N–H and O–H groups in total. The molecule has 0 saturated carbocycles. The third-order valence-electron chi connectivity index (χ3n) is 1.78. The van der Waals surface area contributed by atoms with Gasteiger partial charge in [-0.1, -0.05) is 20.8 Å². The van der Waals surface area contributed by atoms with Gasteiger partial charge in [-0.2, -0.15) is 5.06 Å². The Labute approximate surface area is 69.5 Å². The van der Waals surface area contributed by atoms with Crippen LogP contribution >= 0.6 is 0 Å². The summed E-state index contributed by atoms with van der Waals surface area (Å²) in [6.45, 7) is 13.1. The smallest absolute Gasteiger partial charge is 0.160 e. The molecule has 2 atom stereocenters. The van der Waals surface area contributed by atoms with E-state index in [9.17, 15) is 0 Å². The fourth-order valence-electron chi connectivity index (χ4n) is 1.10. The van der Waals surface area contributed by atoms with Gasteiger partial charge in [0.1, 0.15) is 0 Å². The molecule has 0 radical (unpaired) electrons. The molecule has 0 amide bonds. The minimum atomic E-state index is 0.151. The van der Waals surface area contributed by atoms with E-state index in [4.69, 9.17) is 4.84 Å². The van der Waals surface area contributed by atoms with Crippen LogP contribution in [0.15, 0.2) is 0 Å². The van der Waals surface area contributed by atoms with Gasteiger partial charge < -0.3 is 0 Å². The van der Waals surface area contributed by atoms with Gasteiger partial charge in [0, 0.05) is 11.0 Å². The van der Waals surface area contributed by atoms with Crippen LogP contribution < -0.4 is 0 Å². The quantitative estimate of drug-likeness (QED) is 0.502. The molecule has 1 heterocycles. The number of rotatable bonds is 0. The Kier molecular flexibility index (Phi) is 1.81. The van der Waals surface area contributed by atoms with Gasteiger partial charge in [-0.3, -0.25) is 4.84 Å². The summed E-state index contributed by atoms with van der Waals surface area (Å²) >= 11 is 0. The first kappa shape index (κ1) is 9.01. The highest BCUT2D eigenvalue weighted by molar-refractivity contribution is 4.87. The lowest BCUT2D eigenvalue weighted by Gasteiger charge is -2.20. The molecule has 11 heavy (non-hydrogen) atoms. The summed E-state index contributed by atoms with van der Waals surface area (Å²) in [6, 6.07) is 0. The molecular weight excluding hydrogens is 138 g/mol. The maximum absolute atomic E-state index is 5.48. The van der Waals surface area contributed by atoms with Gasteiger partial charge in [0.25, 0.3) is 0 Å². The zero-order valence-electron chi connectivity index (χ0n) is 8.43. The van der Waals surface area contributed by atoms with Crippen LogP contribution in [0.5, 0.6) is 0 Å². The Bertz CT molecular complexity index is 134. The summed E-state index contributed by atoms with van der Waals surface area (Å²) in [5.74, 6) is 0. The van der Waals surface area contributed by atoms with Crippen LogP contribution in [0.3, 0.4) is 0 Å². The van der Waals surface area contributed by atoms with Crippen molar-refractivity contribution in [1.82, 2.24) is 5.06 Å². The van der Waals surface area contributed by atoms with Gasteiger partial charge in [0.2, 0.25) is 0 Å². The molecule has 0 aromatic carbocycles. The largest absolute Gasteiger partial charge is 0.274 e. The van der Waals surface area contributed by atoms with Crippen molar-refractivity contribution < 1.29 is 4.84 Å². The van der Waals surface area contributed by atoms with E-state index in [-0.39, 0.29) is 11.0 Å². The average Bonchev–Trinajstić information content (AvgIpc) is 2.30. The first-order chi connectivity index (χ1) is 4.73. The second-order valence-electron chi connectivity index (χ2n) is 5.32. The van der Waals surface area contributed by atoms with Crippen LogP contribution in [-0.4, -0.2) is 16.8 Å². The monoisotopic (exact) mass is 157 g/mol. The van der Waals surface area contributed by atoms with Gasteiger partial charge in [0.15, 0.2) is 6.23 Å². The van der Waals surface area contributed by atoms with E-state index in [0.29, 0.717) is 6.23 Å². The fourth-order valence-corrected chi connectivity index (χ4v) is 1.10. The summed E-state index contributed by atoms with van der Waals surface area (Å²) in [6.07, 6.45) is 0.308. The predicted octanol–water partition coefficient (Wildman–Crippen LogP) is 2.40. The second-order valence-corrected chi connectivity index (χ2v) is 5.32. The first-order valence-electron chi connectivity index (χ1n) is 4.19. The van der Waals surface area contributed by atoms with Crippen molar-refractivity contribution in [3.8, 4) is 0 Å². The molecule has 1 unspecified atom stereocenters. The van der Waals surface area contributed by atoms with Crippen LogP contribution in [-0.2, 0) is 4.84 Å². The third-order valence-corrected chi connectivity index (χ3v) is 1.78. The fraction of sp³-hybridized carbons (Fsp3) is 1.00. The average molecular weight is 157 g/mol. The lowest BCUT2D eigenvalue weighted by atomic mass is 9.94. The van der Waals surface area contributed by atoms with Crippen LogP contribution in [0, 0.1) is 5.41 Å². The second kappa shape index (κ2) is 2.20. The molecule has 0 aromatic rings. The Balaban J connectivity index is 2.51. The minimum absolute atomic E-state index is 0.151. The summed E-state index contributed by atoms with van der Waals surface area (Å²) in [5, 5.41) is 2.06. The lowest BCUT2D eigenvalue weighted by molar-refractivity contribution is 0.101. The zero-order chi connectivity index (χ0) is 8.86. The summed E-state index contributed by atoms with van der Waals surface area (Å²) in [4.78, 5) is 5.48. The van der Waals surface area contributed by atoms with E-state index in [1.165, 1.54) is 0 Å². The molecule has 1 saturated heterocycles. The van der Waals surface area contributed by atoms with Crippen molar-refractivity contribution in [3.05, 3.63) is 0 Å². The van der Waals surface area contributed by atoms with Gasteiger partial charge in [0.05, 0.1) is 0 Å². The minimum Gasteiger partial charge on any atom is -0.274 e. The van der Waals surface area contributed by atoms with Crippen molar-refractivity contribution in [2.24, 2.45) is 5.41 Å². The first-order valence-corrected chi connectivity index (χ1v) is 4.19. The normalized spacial score (nSPS) is 32.2. The highest BCUT2D eigenvalue weighted by Gasteiger charge is 2.51. The van der Waals surface area contributed by atoms with Crippen LogP contribution in [0.25, 0.3) is 0 Å². The molecule has 1 rings (SSSR count). The van der Waals surface area contributed by atoms with E-state index in [1.807, 2.05) is 0 Å². The number of hydrogen-bond donors (Lipinski definition) is 0. The maximum Gasteiger partial charge on any atom is 0.160 e. The molecule has 1 fully saturated rings. The molecule has 2 nitrogen and oxygen atoms in total. The lowest BCUT2D eigenvalue weighted by Crippen LogP contribution is -2.31. The molecule has 0 aromatic heterocycles. The predicted molar refractivity (Wildman–Crippen MR) is 45.9 cm³/mol. The summed E-state index contributed by atoms with van der Waals surface area (Å²) in [5.41, 5.74) is 0.394. The Morgan fingerprint density at radius 2 is 1.45 bits per heavy atom. The highest BCUT2D eigenvalue weighted by Crippen LogP contribution is 2.41. The van der Waals surface area contributed by atoms with Crippen LogP contribution in [0.1, 0.15) is 41.5 Å². The van der Waals surface area contributed by atoms with E-state index in [0.717, 1.165) is 0 Å². The molecule has 0 bridgehead atoms. The molecule has 1 aliphatic heterocycles. The highest BCUT2D eigenvalue weighted by atomic mass is 16.8. The summed E-state index contributed by atoms with van der Waals surface area (Å²) in [7, 11) is 0. The van der Waals surface area contributed by atoms with Crippen molar-refractivity contribution in [2.45, 2.75) is 53.3 Å². The van der Waals surface area contributed by atoms with Crippen molar-refractivity contribution >= 4 is 0 Å². The van der Waals surface area contributed by atoms with Gasteiger partial charge in [-0.05, 0) is 20.8 Å². The van der Waals surface area contributed by atoms with Gasteiger partial charge in [-0.25, -0.2) is 0 Å². The number of hydrogen-bond acceptors (Lipinski definition) is 2. The zero-order valence-corrected chi connectivity index (χ0v) is 8.43. The standard InChI is InChI=1S/C9H19NO/c1-8(2,3)7-10(11-7)9(4,5)6/h7H,1-6H3/t7-,10?/m0/s1. The number of nitrogens with zero attached hydrogens (tertiary/aromatic N) is 1. The SMILES string of the molecule is CC(C)(C)[C@@H]1ON1C(C)(C)C. The van der Waals surface area contributed by atoms with Crippen molar-refractivity contribution in [1.29, 1.82) is 0 Å². The van der Waals surface area contributed by atoms with E-state index >= 15 is 0 Å². The van der Waals surface area contributed by atoms with Gasteiger partial charge in [-0.15, -0.1) is 0 Å². The summed E-state index contributed by atoms with van der Waals surface area (Å²) < 4.78 is 0. The third kappa shape index (κ3) is 1.94. The van der Waals surface area contributed by atoms with E-state index in [1.54, 1.807) is 0 Å². The molecule has 1 aliphatic rings. The Morgan fingerprint density at radius 3 is 1.55 bits per heavy atom. The molecule has 0 spiro atoms. The number of hydroxylamine groups is 2. The maximum atomic E-state index is 5.48. The topological polar surface area (TPSA) is 15.5 Å². The van der Waals surface area contributed by atoms with Gasteiger partial charge >= 0.3 is 0 Å². The van der Waals surface area contributed by atoms with Crippen LogP contribution in [0.4, 0.5) is 0 Å². The van der Waals surface area contributed by atoms with E-state index < -0.39 is 0 Å². The Morgan fingerprint density at radius 1 is 1.00 bits per heavy atom. The molecule has 2 heteroatoms. The molecular formula is C9H19NO. The van der Waals surface area contributed by atoms with Crippen molar-refractivity contribution in [2.75, 3.05) is 0 Å². The van der Waals surface area contributed by atoms with E-state index in [2.05, 4.69) is 46.6 Å². The Hall–Kier alpha value is -0.0800. The molecule has 66 valence electrons. The van der Waals surface area contributed by atoms with Crippen LogP contribution in [0.2, 0.25) is 0 Å².